The Hall–Kier alpha value is -6.06. The number of nitrogens with zero attached hydrogens (tertiary/aromatic N) is 1. The summed E-state index contributed by atoms with van der Waals surface area (Å²) in [5.41, 5.74) is 9.77. The minimum atomic E-state index is -0.564. The number of hydrogen-bond donors (Lipinski definition) is 0. The third kappa shape index (κ3) is 3.92. The Bertz CT molecular complexity index is 2160. The Balaban J connectivity index is 1.27. The molecule has 2 aliphatic rings. The fourth-order valence-corrected chi connectivity index (χ4v) is 7.28. The Morgan fingerprint density at radius 2 is 0.891 bits per heavy atom. The maximum Gasteiger partial charge on any atom is 0.178 e. The minimum Gasteiger partial charge on any atom is -0.449 e. The van der Waals surface area contributed by atoms with E-state index in [0.717, 1.165) is 51.2 Å². The van der Waals surface area contributed by atoms with Crippen LogP contribution >= 0.6 is 0 Å². The molecule has 7 aromatic rings. The molecule has 1 aliphatic heterocycles. The highest BCUT2D eigenvalue weighted by atomic mass is 16.6. The second-order valence-corrected chi connectivity index (χ2v) is 11.7. The minimum absolute atomic E-state index is 0.564. The second kappa shape index (κ2) is 10.5. The van der Waals surface area contributed by atoms with E-state index in [2.05, 4.69) is 157 Å². The van der Waals surface area contributed by atoms with Gasteiger partial charge in [0.05, 0.1) is 5.41 Å². The molecular formula is C43H29NO2. The van der Waals surface area contributed by atoms with Gasteiger partial charge in [-0.1, -0.05) is 121 Å². The molecule has 0 fully saturated rings. The topological polar surface area (TPSA) is 21.7 Å². The van der Waals surface area contributed by atoms with Gasteiger partial charge >= 0.3 is 0 Å². The first-order valence-corrected chi connectivity index (χ1v) is 15.6. The first-order valence-electron chi connectivity index (χ1n) is 15.6. The van der Waals surface area contributed by atoms with E-state index in [9.17, 15) is 0 Å². The van der Waals surface area contributed by atoms with Gasteiger partial charge in [0.15, 0.2) is 23.0 Å². The van der Waals surface area contributed by atoms with E-state index in [4.69, 9.17) is 9.47 Å². The Morgan fingerprint density at radius 3 is 1.57 bits per heavy atom. The third-order valence-corrected chi connectivity index (χ3v) is 9.20. The lowest BCUT2D eigenvalue weighted by Gasteiger charge is -2.35. The molecule has 3 nitrogen and oxygen atoms in total. The molecule has 0 aromatic heterocycles. The Morgan fingerprint density at radius 1 is 0.370 bits per heavy atom. The molecule has 0 spiro atoms. The summed E-state index contributed by atoms with van der Waals surface area (Å²) in [6, 6.07) is 61.8. The maximum atomic E-state index is 6.66. The summed E-state index contributed by atoms with van der Waals surface area (Å²) in [6.07, 6.45) is 0. The number of anilines is 3. The van der Waals surface area contributed by atoms with Gasteiger partial charge < -0.3 is 14.4 Å². The van der Waals surface area contributed by atoms with Crippen LogP contribution in [0.25, 0.3) is 11.1 Å². The van der Waals surface area contributed by atoms with E-state index in [0.29, 0.717) is 0 Å². The Kier molecular flexibility index (Phi) is 6.04. The molecule has 218 valence electrons. The largest absolute Gasteiger partial charge is 0.449 e. The zero-order valence-corrected chi connectivity index (χ0v) is 25.0. The number of para-hydroxylation sites is 4. The van der Waals surface area contributed by atoms with Crippen LogP contribution in [0.4, 0.5) is 17.1 Å². The number of ether oxygens (including phenoxy) is 2. The second-order valence-electron chi connectivity index (χ2n) is 11.7. The molecule has 0 saturated carbocycles. The van der Waals surface area contributed by atoms with Crippen LogP contribution in [-0.4, -0.2) is 0 Å². The fourth-order valence-electron chi connectivity index (χ4n) is 7.28. The molecule has 0 saturated heterocycles. The molecule has 1 atom stereocenters. The zero-order valence-electron chi connectivity index (χ0n) is 25.0. The summed E-state index contributed by atoms with van der Waals surface area (Å²) in [4.78, 5) is 2.30. The van der Waals surface area contributed by atoms with Crippen molar-refractivity contribution < 1.29 is 9.47 Å². The molecule has 1 unspecified atom stereocenters. The highest BCUT2D eigenvalue weighted by molar-refractivity contribution is 5.92. The van der Waals surface area contributed by atoms with Crippen LogP contribution in [0.2, 0.25) is 0 Å². The molecule has 3 heteroatoms. The predicted octanol–water partition coefficient (Wildman–Crippen LogP) is 11.4. The van der Waals surface area contributed by atoms with Crippen molar-refractivity contribution in [2.75, 3.05) is 4.90 Å². The van der Waals surface area contributed by atoms with Crippen molar-refractivity contribution in [3.63, 3.8) is 0 Å². The van der Waals surface area contributed by atoms with Gasteiger partial charge in [-0.3, -0.25) is 0 Å². The van der Waals surface area contributed by atoms with E-state index in [1.807, 2.05) is 24.3 Å². The van der Waals surface area contributed by atoms with Crippen molar-refractivity contribution in [1.29, 1.82) is 0 Å². The van der Waals surface area contributed by atoms with Crippen molar-refractivity contribution in [3.05, 3.63) is 198 Å². The molecule has 0 bridgehead atoms. The summed E-state index contributed by atoms with van der Waals surface area (Å²) in [7, 11) is 0. The SMILES string of the molecule is c1ccc(N(c2ccccc2)c2ccc(C3(c4ccccc4)c4ccccc4-c4c3ccc3c4Oc4ccccc4O3)cc2)cc1. The summed E-state index contributed by atoms with van der Waals surface area (Å²) < 4.78 is 13.1. The maximum absolute atomic E-state index is 6.66. The van der Waals surface area contributed by atoms with Gasteiger partial charge in [-0.2, -0.15) is 0 Å². The van der Waals surface area contributed by atoms with Crippen LogP contribution in [0.1, 0.15) is 22.3 Å². The molecule has 0 amide bonds. The average Bonchev–Trinajstić information content (AvgIpc) is 3.44. The number of hydrogen-bond acceptors (Lipinski definition) is 3. The van der Waals surface area contributed by atoms with E-state index in [1.54, 1.807) is 0 Å². The lowest BCUT2D eigenvalue weighted by molar-refractivity contribution is 0.360. The zero-order chi connectivity index (χ0) is 30.5. The van der Waals surface area contributed by atoms with E-state index < -0.39 is 5.41 Å². The normalized spacial score (nSPS) is 15.4. The van der Waals surface area contributed by atoms with Gasteiger partial charge in [0.2, 0.25) is 0 Å². The first kappa shape index (κ1) is 26.4. The smallest absolute Gasteiger partial charge is 0.178 e. The first-order chi connectivity index (χ1) is 22.8. The van der Waals surface area contributed by atoms with Crippen LogP contribution < -0.4 is 14.4 Å². The summed E-state index contributed by atoms with van der Waals surface area (Å²) in [6.45, 7) is 0. The van der Waals surface area contributed by atoms with Crippen molar-refractivity contribution in [2.24, 2.45) is 0 Å². The molecule has 1 heterocycles. The third-order valence-electron chi connectivity index (χ3n) is 9.20. The monoisotopic (exact) mass is 591 g/mol. The van der Waals surface area contributed by atoms with Gasteiger partial charge in [-0.25, -0.2) is 0 Å². The lowest BCUT2D eigenvalue weighted by atomic mass is 9.67. The molecule has 1 aliphatic carbocycles. The van der Waals surface area contributed by atoms with Gasteiger partial charge in [-0.15, -0.1) is 0 Å². The molecular weight excluding hydrogens is 562 g/mol. The molecule has 46 heavy (non-hydrogen) atoms. The van der Waals surface area contributed by atoms with Gasteiger partial charge in [0.25, 0.3) is 0 Å². The highest BCUT2D eigenvalue weighted by Crippen LogP contribution is 2.62. The van der Waals surface area contributed by atoms with Gasteiger partial charge in [0.1, 0.15) is 0 Å². The fraction of sp³-hybridized carbons (Fsp3) is 0.0233. The van der Waals surface area contributed by atoms with Crippen molar-refractivity contribution in [3.8, 4) is 34.1 Å². The van der Waals surface area contributed by atoms with Crippen LogP contribution in [0.3, 0.4) is 0 Å². The summed E-state index contributed by atoms with van der Waals surface area (Å²) in [5.74, 6) is 2.95. The molecule has 7 aromatic carbocycles. The standard InChI is InChI=1S/C43H29NO2/c1-4-14-30(15-5-1)43(31-24-26-34(27-25-31)44(32-16-6-2-7-17-32)33-18-8-3-9-19-33)36-21-11-10-20-35(36)41-37(43)28-29-40-42(41)46-39-23-13-12-22-38(39)45-40/h1-29H. The van der Waals surface area contributed by atoms with Crippen molar-refractivity contribution >= 4 is 17.1 Å². The van der Waals surface area contributed by atoms with Crippen LogP contribution in [0, 0.1) is 0 Å². The lowest BCUT2D eigenvalue weighted by Crippen LogP contribution is -2.28. The van der Waals surface area contributed by atoms with Gasteiger partial charge in [-0.05, 0) is 82.4 Å². The predicted molar refractivity (Wildman–Crippen MR) is 185 cm³/mol. The number of fused-ring (bicyclic) bond motifs is 6. The Labute approximate surface area is 268 Å². The quantitative estimate of drug-likeness (QED) is 0.199. The van der Waals surface area contributed by atoms with Crippen molar-refractivity contribution in [2.45, 2.75) is 5.41 Å². The number of benzene rings is 7. The van der Waals surface area contributed by atoms with Crippen LogP contribution in [0.5, 0.6) is 23.0 Å². The van der Waals surface area contributed by atoms with Crippen LogP contribution in [-0.2, 0) is 5.41 Å². The summed E-state index contributed by atoms with van der Waals surface area (Å²) >= 11 is 0. The molecule has 0 N–H and O–H groups in total. The average molecular weight is 592 g/mol. The van der Waals surface area contributed by atoms with E-state index in [-0.39, 0.29) is 0 Å². The van der Waals surface area contributed by atoms with E-state index in [1.165, 1.54) is 22.3 Å². The molecule has 9 rings (SSSR count). The highest BCUT2D eigenvalue weighted by Gasteiger charge is 2.48. The van der Waals surface area contributed by atoms with E-state index >= 15 is 0 Å². The number of rotatable bonds is 5. The van der Waals surface area contributed by atoms with Crippen molar-refractivity contribution in [1.82, 2.24) is 0 Å². The summed E-state index contributed by atoms with van der Waals surface area (Å²) in [5, 5.41) is 0. The van der Waals surface area contributed by atoms with Gasteiger partial charge in [0, 0.05) is 22.6 Å². The van der Waals surface area contributed by atoms with Crippen LogP contribution in [0.15, 0.2) is 176 Å². The molecule has 0 radical (unpaired) electrons.